The lowest BCUT2D eigenvalue weighted by atomic mass is 10.1. The Balaban J connectivity index is 0.00000200. The zero-order chi connectivity index (χ0) is 13.8. The zero-order valence-corrected chi connectivity index (χ0v) is 13.0. The number of nitrogens with zero attached hydrogens (tertiary/aromatic N) is 1. The molecule has 114 valence electrons. The zero-order valence-electron chi connectivity index (χ0n) is 12.2. The van der Waals surface area contributed by atoms with Gasteiger partial charge in [-0.2, -0.15) is 0 Å². The predicted octanol–water partition coefficient (Wildman–Crippen LogP) is 2.06. The van der Waals surface area contributed by atoms with Gasteiger partial charge in [-0.05, 0) is 32.9 Å². The molecular formula is C14H23ClN2O3. The Labute approximate surface area is 126 Å². The average Bonchev–Trinajstić information content (AvgIpc) is 2.83. The number of rotatable bonds is 4. The van der Waals surface area contributed by atoms with Gasteiger partial charge in [0, 0.05) is 25.2 Å². The molecule has 5 nitrogen and oxygen atoms in total. The van der Waals surface area contributed by atoms with Crippen LogP contribution in [0.3, 0.4) is 0 Å². The molecule has 6 heteroatoms. The highest BCUT2D eigenvalue weighted by molar-refractivity contribution is 5.86. The van der Waals surface area contributed by atoms with E-state index in [4.69, 9.17) is 9.15 Å². The van der Waals surface area contributed by atoms with Gasteiger partial charge in [-0.15, -0.1) is 12.4 Å². The number of halogens is 1. The standard InChI is InChI=1S/C14H22N2O3.ClH/c1-4-18-14(17)13-6-5-12(19-13)9-16-8-10(2)15-7-11(16)3;/h5-6,10-11,15H,4,7-9H2,1-3H3;1H. The largest absolute Gasteiger partial charge is 0.460 e. The molecule has 0 amide bonds. The van der Waals surface area contributed by atoms with E-state index in [1.54, 1.807) is 13.0 Å². The smallest absolute Gasteiger partial charge is 0.374 e. The van der Waals surface area contributed by atoms with E-state index in [0.29, 0.717) is 18.7 Å². The summed E-state index contributed by atoms with van der Waals surface area (Å²) < 4.78 is 10.5. The molecule has 1 fully saturated rings. The van der Waals surface area contributed by atoms with E-state index in [2.05, 4.69) is 24.1 Å². The minimum Gasteiger partial charge on any atom is -0.460 e. The fourth-order valence-electron chi connectivity index (χ4n) is 2.29. The minimum absolute atomic E-state index is 0. The average molecular weight is 303 g/mol. The third-order valence-electron chi connectivity index (χ3n) is 3.39. The van der Waals surface area contributed by atoms with Crippen molar-refractivity contribution in [1.82, 2.24) is 10.2 Å². The number of carbonyl (C=O) groups is 1. The first-order chi connectivity index (χ1) is 9.10. The van der Waals surface area contributed by atoms with Crippen LogP contribution in [0.1, 0.15) is 37.1 Å². The quantitative estimate of drug-likeness (QED) is 0.863. The Bertz CT molecular complexity index is 436. The first-order valence-electron chi connectivity index (χ1n) is 6.83. The summed E-state index contributed by atoms with van der Waals surface area (Å²) in [5.74, 6) is 0.701. The summed E-state index contributed by atoms with van der Waals surface area (Å²) in [6, 6.07) is 4.48. The summed E-state index contributed by atoms with van der Waals surface area (Å²) in [5.41, 5.74) is 0. The third-order valence-corrected chi connectivity index (χ3v) is 3.39. The predicted molar refractivity (Wildman–Crippen MR) is 79.2 cm³/mol. The molecule has 1 aliphatic rings. The number of esters is 1. The summed E-state index contributed by atoms with van der Waals surface area (Å²) in [4.78, 5) is 13.9. The number of carbonyl (C=O) groups excluding carboxylic acids is 1. The molecule has 1 saturated heterocycles. The van der Waals surface area contributed by atoms with Crippen LogP contribution < -0.4 is 5.32 Å². The Hall–Kier alpha value is -1.04. The Kier molecular flexibility index (Phi) is 6.52. The van der Waals surface area contributed by atoms with Crippen LogP contribution in [0, 0.1) is 0 Å². The van der Waals surface area contributed by atoms with Crippen molar-refractivity contribution in [3.8, 4) is 0 Å². The van der Waals surface area contributed by atoms with E-state index in [1.807, 2.05) is 6.07 Å². The molecule has 0 bridgehead atoms. The molecule has 2 unspecified atom stereocenters. The number of piperazine rings is 1. The fourth-order valence-corrected chi connectivity index (χ4v) is 2.29. The first kappa shape index (κ1) is 17.0. The summed E-state index contributed by atoms with van der Waals surface area (Å²) in [5, 5.41) is 3.44. The van der Waals surface area contributed by atoms with Crippen molar-refractivity contribution in [3.63, 3.8) is 0 Å². The van der Waals surface area contributed by atoms with Crippen LogP contribution in [-0.2, 0) is 11.3 Å². The molecule has 1 aromatic heterocycles. The van der Waals surface area contributed by atoms with Crippen LogP contribution in [0.5, 0.6) is 0 Å². The molecule has 1 aromatic rings. The highest BCUT2D eigenvalue weighted by Crippen LogP contribution is 2.15. The number of hydrogen-bond acceptors (Lipinski definition) is 5. The molecule has 0 spiro atoms. The van der Waals surface area contributed by atoms with Crippen LogP contribution in [0.25, 0.3) is 0 Å². The van der Waals surface area contributed by atoms with E-state index < -0.39 is 5.97 Å². The van der Waals surface area contributed by atoms with Crippen molar-refractivity contribution in [2.24, 2.45) is 0 Å². The monoisotopic (exact) mass is 302 g/mol. The van der Waals surface area contributed by atoms with Gasteiger partial charge < -0.3 is 14.5 Å². The number of ether oxygens (including phenoxy) is 1. The van der Waals surface area contributed by atoms with Crippen LogP contribution in [-0.4, -0.2) is 42.6 Å². The summed E-state index contributed by atoms with van der Waals surface area (Å²) >= 11 is 0. The van der Waals surface area contributed by atoms with Crippen LogP contribution >= 0.6 is 12.4 Å². The number of furan rings is 1. The molecular weight excluding hydrogens is 280 g/mol. The Morgan fingerprint density at radius 2 is 2.25 bits per heavy atom. The molecule has 0 aliphatic carbocycles. The molecule has 1 N–H and O–H groups in total. The molecule has 0 aromatic carbocycles. The lowest BCUT2D eigenvalue weighted by molar-refractivity contribution is 0.0484. The van der Waals surface area contributed by atoms with Crippen molar-refractivity contribution in [2.75, 3.05) is 19.7 Å². The lowest BCUT2D eigenvalue weighted by Gasteiger charge is -2.36. The van der Waals surface area contributed by atoms with Crippen molar-refractivity contribution in [1.29, 1.82) is 0 Å². The SMILES string of the molecule is CCOC(=O)c1ccc(CN2CC(C)NCC2C)o1.Cl. The highest BCUT2D eigenvalue weighted by Gasteiger charge is 2.23. The van der Waals surface area contributed by atoms with Crippen LogP contribution in [0.4, 0.5) is 0 Å². The van der Waals surface area contributed by atoms with Gasteiger partial charge in [-0.1, -0.05) is 0 Å². The van der Waals surface area contributed by atoms with Crippen molar-refractivity contribution >= 4 is 18.4 Å². The van der Waals surface area contributed by atoms with Crippen molar-refractivity contribution in [3.05, 3.63) is 23.7 Å². The molecule has 2 rings (SSSR count). The topological polar surface area (TPSA) is 54.7 Å². The van der Waals surface area contributed by atoms with Gasteiger partial charge in [0.05, 0.1) is 13.2 Å². The second-order valence-electron chi connectivity index (χ2n) is 5.07. The molecule has 2 heterocycles. The lowest BCUT2D eigenvalue weighted by Crippen LogP contribution is -2.53. The van der Waals surface area contributed by atoms with E-state index in [1.165, 1.54) is 0 Å². The van der Waals surface area contributed by atoms with Crippen molar-refractivity contribution < 1.29 is 13.9 Å². The molecule has 0 radical (unpaired) electrons. The Morgan fingerprint density at radius 3 is 2.95 bits per heavy atom. The van der Waals surface area contributed by atoms with Gasteiger partial charge in [0.2, 0.25) is 5.76 Å². The minimum atomic E-state index is -0.393. The maximum atomic E-state index is 11.5. The van der Waals surface area contributed by atoms with Crippen molar-refractivity contribution in [2.45, 2.75) is 39.4 Å². The molecule has 20 heavy (non-hydrogen) atoms. The van der Waals surface area contributed by atoms with Gasteiger partial charge in [-0.25, -0.2) is 4.79 Å². The van der Waals surface area contributed by atoms with Gasteiger partial charge in [0.25, 0.3) is 0 Å². The van der Waals surface area contributed by atoms with E-state index in [9.17, 15) is 4.79 Å². The van der Waals surface area contributed by atoms with E-state index in [-0.39, 0.29) is 18.2 Å². The summed E-state index contributed by atoms with van der Waals surface area (Å²) in [6.45, 7) is 9.20. The molecule has 1 aliphatic heterocycles. The van der Waals surface area contributed by atoms with Gasteiger partial charge in [0.15, 0.2) is 0 Å². The van der Waals surface area contributed by atoms with E-state index >= 15 is 0 Å². The normalized spacial score (nSPS) is 23.1. The number of hydrogen-bond donors (Lipinski definition) is 1. The highest BCUT2D eigenvalue weighted by atomic mass is 35.5. The van der Waals surface area contributed by atoms with Crippen LogP contribution in [0.15, 0.2) is 16.5 Å². The van der Waals surface area contributed by atoms with Gasteiger partial charge in [0.1, 0.15) is 5.76 Å². The maximum Gasteiger partial charge on any atom is 0.374 e. The van der Waals surface area contributed by atoms with Gasteiger partial charge in [-0.3, -0.25) is 4.90 Å². The number of nitrogens with one attached hydrogen (secondary N) is 1. The fraction of sp³-hybridized carbons (Fsp3) is 0.643. The van der Waals surface area contributed by atoms with Crippen LogP contribution in [0.2, 0.25) is 0 Å². The third kappa shape index (κ3) is 4.23. The van der Waals surface area contributed by atoms with Gasteiger partial charge >= 0.3 is 5.97 Å². The summed E-state index contributed by atoms with van der Waals surface area (Å²) in [6.07, 6.45) is 0. The van der Waals surface area contributed by atoms with E-state index in [0.717, 1.165) is 25.4 Å². The summed E-state index contributed by atoms with van der Waals surface area (Å²) in [7, 11) is 0. The first-order valence-corrected chi connectivity index (χ1v) is 6.83. The Morgan fingerprint density at radius 1 is 1.50 bits per heavy atom. The molecule has 0 saturated carbocycles. The maximum absolute atomic E-state index is 11.5. The molecule has 2 atom stereocenters. The second-order valence-corrected chi connectivity index (χ2v) is 5.07. The second kappa shape index (κ2) is 7.67.